The van der Waals surface area contributed by atoms with Crippen molar-refractivity contribution in [3.63, 3.8) is 0 Å². The third-order valence-corrected chi connectivity index (χ3v) is 5.72. The van der Waals surface area contributed by atoms with E-state index in [0.717, 1.165) is 28.0 Å². The minimum atomic E-state index is -0.449. The van der Waals surface area contributed by atoms with Crippen molar-refractivity contribution in [1.29, 1.82) is 0 Å². The number of amides is 2. The average molecular weight is 437 g/mol. The van der Waals surface area contributed by atoms with Gasteiger partial charge in [0.15, 0.2) is 0 Å². The molecule has 1 atom stereocenters. The molecule has 3 heterocycles. The Kier molecular flexibility index (Phi) is 5.98. The van der Waals surface area contributed by atoms with Gasteiger partial charge in [0.1, 0.15) is 23.5 Å². The molecule has 1 saturated heterocycles. The maximum Gasteiger partial charge on any atom is 0.414 e. The number of nitrogens with one attached hydrogen (secondary N) is 1. The lowest BCUT2D eigenvalue weighted by Gasteiger charge is -2.40. The Hall–Kier alpha value is -3.62. The number of fused-ring (bicyclic) bond motifs is 1. The predicted octanol–water partition coefficient (Wildman–Crippen LogP) is 2.61. The van der Waals surface area contributed by atoms with E-state index in [1.165, 1.54) is 4.90 Å². The van der Waals surface area contributed by atoms with Crippen molar-refractivity contribution in [2.75, 3.05) is 38.6 Å². The second-order valence-electron chi connectivity index (χ2n) is 8.36. The van der Waals surface area contributed by atoms with Crippen molar-refractivity contribution in [2.24, 2.45) is 0 Å². The van der Waals surface area contributed by atoms with Gasteiger partial charge in [-0.1, -0.05) is 12.1 Å². The Morgan fingerprint density at radius 2 is 2.06 bits per heavy atom. The van der Waals surface area contributed by atoms with Crippen LogP contribution in [-0.4, -0.2) is 76.5 Å². The molecule has 0 unspecified atom stereocenters. The standard InChI is InChI=1S/C23H28N6O3/c1-15-12-24-21-20(15)22(26-14-25-21)28-8-9-29(16(2)13-28)19(30)11-17-6-5-7-18(10-17)32-23(31)27(3)4/h5-7,10,12,14,16H,8-9,11,13H2,1-4H3,(H,24,25,26)/t16-/m0/s1. The first-order chi connectivity index (χ1) is 15.3. The quantitative estimate of drug-likeness (QED) is 0.676. The van der Waals surface area contributed by atoms with Crippen LogP contribution in [0.4, 0.5) is 10.6 Å². The van der Waals surface area contributed by atoms with Crippen LogP contribution in [0.15, 0.2) is 36.8 Å². The van der Waals surface area contributed by atoms with Crippen molar-refractivity contribution in [2.45, 2.75) is 26.3 Å². The smallest absolute Gasteiger partial charge is 0.410 e. The highest BCUT2D eigenvalue weighted by Crippen LogP contribution is 2.27. The molecule has 0 radical (unpaired) electrons. The number of hydrogen-bond acceptors (Lipinski definition) is 6. The number of aromatic amines is 1. The highest BCUT2D eigenvalue weighted by atomic mass is 16.6. The molecule has 1 aliphatic rings. The zero-order valence-electron chi connectivity index (χ0n) is 18.8. The van der Waals surface area contributed by atoms with E-state index in [1.807, 2.05) is 24.1 Å². The summed E-state index contributed by atoms with van der Waals surface area (Å²) >= 11 is 0. The number of hydrogen-bond donors (Lipinski definition) is 1. The fourth-order valence-electron chi connectivity index (χ4n) is 4.05. The first kappa shape index (κ1) is 21.6. The van der Waals surface area contributed by atoms with Gasteiger partial charge in [-0.15, -0.1) is 0 Å². The highest BCUT2D eigenvalue weighted by molar-refractivity contribution is 5.90. The molecule has 0 saturated carbocycles. The first-order valence-corrected chi connectivity index (χ1v) is 10.6. The van der Waals surface area contributed by atoms with Crippen LogP contribution in [-0.2, 0) is 11.2 Å². The van der Waals surface area contributed by atoms with E-state index in [4.69, 9.17) is 4.74 Å². The van der Waals surface area contributed by atoms with Crippen LogP contribution in [0.3, 0.4) is 0 Å². The van der Waals surface area contributed by atoms with Gasteiger partial charge in [0.25, 0.3) is 0 Å². The average Bonchev–Trinajstić information content (AvgIpc) is 3.15. The summed E-state index contributed by atoms with van der Waals surface area (Å²) in [6.45, 7) is 6.11. The molecule has 2 amide bonds. The number of carbonyl (C=O) groups excluding carboxylic acids is 2. The molecule has 1 aliphatic heterocycles. The SMILES string of the molecule is Cc1c[nH]c2ncnc(N3CCN(C(=O)Cc4cccc(OC(=O)N(C)C)c4)[C@@H](C)C3)c12. The fourth-order valence-corrected chi connectivity index (χ4v) is 4.05. The molecule has 2 aromatic heterocycles. The molecule has 1 fully saturated rings. The van der Waals surface area contributed by atoms with E-state index in [9.17, 15) is 9.59 Å². The number of benzene rings is 1. The maximum atomic E-state index is 13.0. The second-order valence-corrected chi connectivity index (χ2v) is 8.36. The van der Waals surface area contributed by atoms with Crippen LogP contribution in [0.25, 0.3) is 11.0 Å². The number of H-pyrrole nitrogens is 1. The Balaban J connectivity index is 1.42. The monoisotopic (exact) mass is 436 g/mol. The molecule has 0 aliphatic carbocycles. The van der Waals surface area contributed by atoms with E-state index in [1.54, 1.807) is 38.6 Å². The van der Waals surface area contributed by atoms with Crippen LogP contribution in [0.2, 0.25) is 0 Å². The van der Waals surface area contributed by atoms with E-state index in [2.05, 4.69) is 26.8 Å². The summed E-state index contributed by atoms with van der Waals surface area (Å²) in [5, 5.41) is 1.03. The molecule has 9 nitrogen and oxygen atoms in total. The molecule has 0 spiro atoms. The van der Waals surface area contributed by atoms with Crippen LogP contribution in [0.5, 0.6) is 5.75 Å². The van der Waals surface area contributed by atoms with E-state index in [0.29, 0.717) is 25.4 Å². The van der Waals surface area contributed by atoms with Crippen LogP contribution in [0, 0.1) is 6.92 Å². The highest BCUT2D eigenvalue weighted by Gasteiger charge is 2.29. The number of aromatic nitrogens is 3. The van der Waals surface area contributed by atoms with Gasteiger partial charge < -0.3 is 24.4 Å². The normalized spacial score (nSPS) is 16.3. The number of piperazine rings is 1. The summed E-state index contributed by atoms with van der Waals surface area (Å²) in [4.78, 5) is 42.3. The first-order valence-electron chi connectivity index (χ1n) is 10.6. The van der Waals surface area contributed by atoms with Crippen molar-refractivity contribution in [3.05, 3.63) is 47.9 Å². The van der Waals surface area contributed by atoms with Gasteiger partial charge in [0, 0.05) is 46.0 Å². The topological polar surface area (TPSA) is 94.7 Å². The molecular formula is C23H28N6O3. The van der Waals surface area contributed by atoms with E-state index < -0.39 is 6.09 Å². The number of carbonyl (C=O) groups is 2. The number of nitrogens with zero attached hydrogens (tertiary/aromatic N) is 5. The van der Waals surface area contributed by atoms with Gasteiger partial charge in [-0.25, -0.2) is 14.8 Å². The van der Waals surface area contributed by atoms with Crippen molar-refractivity contribution in [1.82, 2.24) is 24.8 Å². The summed E-state index contributed by atoms with van der Waals surface area (Å²) < 4.78 is 5.31. The lowest BCUT2D eigenvalue weighted by atomic mass is 10.1. The van der Waals surface area contributed by atoms with Gasteiger partial charge in [-0.3, -0.25) is 4.79 Å². The lowest BCUT2D eigenvalue weighted by molar-refractivity contribution is -0.132. The maximum absolute atomic E-state index is 13.0. The second kappa shape index (κ2) is 8.86. The molecule has 168 valence electrons. The minimum Gasteiger partial charge on any atom is -0.410 e. The van der Waals surface area contributed by atoms with Crippen LogP contribution in [0.1, 0.15) is 18.1 Å². The molecule has 3 aromatic rings. The summed E-state index contributed by atoms with van der Waals surface area (Å²) in [5.74, 6) is 1.39. The summed E-state index contributed by atoms with van der Waals surface area (Å²) in [6.07, 6.45) is 3.32. The van der Waals surface area contributed by atoms with Gasteiger partial charge in [-0.2, -0.15) is 0 Å². The van der Waals surface area contributed by atoms with Gasteiger partial charge in [0.05, 0.1) is 11.8 Å². The fraction of sp³-hybridized carbons (Fsp3) is 0.391. The van der Waals surface area contributed by atoms with Crippen molar-refractivity contribution in [3.8, 4) is 5.75 Å². The third kappa shape index (κ3) is 4.37. The summed E-state index contributed by atoms with van der Waals surface area (Å²) in [5.41, 5.74) is 2.75. The number of rotatable bonds is 4. The van der Waals surface area contributed by atoms with Crippen molar-refractivity contribution >= 4 is 28.9 Å². The predicted molar refractivity (Wildman–Crippen MR) is 122 cm³/mol. The Bertz CT molecular complexity index is 1140. The van der Waals surface area contributed by atoms with Crippen LogP contribution < -0.4 is 9.64 Å². The molecule has 0 bridgehead atoms. The summed E-state index contributed by atoms with van der Waals surface area (Å²) in [6, 6.07) is 7.16. The molecule has 1 aromatic carbocycles. The molecule has 32 heavy (non-hydrogen) atoms. The zero-order valence-corrected chi connectivity index (χ0v) is 18.8. The number of anilines is 1. The molecule has 1 N–H and O–H groups in total. The number of ether oxygens (including phenoxy) is 1. The molecule has 4 rings (SSSR count). The van der Waals surface area contributed by atoms with Gasteiger partial charge >= 0.3 is 6.09 Å². The third-order valence-electron chi connectivity index (χ3n) is 5.72. The van der Waals surface area contributed by atoms with Crippen LogP contribution >= 0.6 is 0 Å². The number of aryl methyl sites for hydroxylation is 1. The van der Waals surface area contributed by atoms with Gasteiger partial charge in [-0.05, 0) is 37.1 Å². The van der Waals surface area contributed by atoms with E-state index in [-0.39, 0.29) is 18.4 Å². The Morgan fingerprint density at radius 1 is 1.25 bits per heavy atom. The van der Waals surface area contributed by atoms with Crippen molar-refractivity contribution < 1.29 is 14.3 Å². The lowest BCUT2D eigenvalue weighted by Crippen LogP contribution is -2.54. The minimum absolute atomic E-state index is 0.0373. The van der Waals surface area contributed by atoms with Gasteiger partial charge in [0.2, 0.25) is 5.91 Å². The molecular weight excluding hydrogens is 408 g/mol. The zero-order chi connectivity index (χ0) is 22.8. The summed E-state index contributed by atoms with van der Waals surface area (Å²) in [7, 11) is 3.25. The Morgan fingerprint density at radius 3 is 2.81 bits per heavy atom. The van der Waals surface area contributed by atoms with E-state index >= 15 is 0 Å². The largest absolute Gasteiger partial charge is 0.414 e. The Labute approximate surface area is 187 Å². The molecule has 9 heteroatoms.